The number of amides is 5. The molecular weight excluding hydrogens is 776 g/mol. The number of pyridine rings is 1. The standard InChI is InChI=1S/C43H49ClN8O7/c1-42(2)40(43(3,4)41(42)59-28-11-9-26(24-45)30(44)23-28)49-36(54)27-10-13-33(47-25-27)51-18-16-50(17-19-51)20-22-58-21-6-15-46-31-8-5-7-29-35(31)39(57)52(38(29)56)32-12-14-34(53)48-37(32)55/h5,7-11,13,23,25,32,40-41,46H,6,12,14-22H2,1-4H3,(H,49,54)(H,48,53,55). The van der Waals surface area contributed by atoms with E-state index in [1.54, 1.807) is 42.6 Å². The molecule has 7 rings (SSSR count). The van der Waals surface area contributed by atoms with E-state index in [4.69, 9.17) is 21.1 Å². The minimum absolute atomic E-state index is 0.0690. The zero-order valence-corrected chi connectivity index (χ0v) is 34.4. The molecule has 3 aromatic rings. The van der Waals surface area contributed by atoms with Crippen LogP contribution in [0.5, 0.6) is 5.75 Å². The molecule has 4 heterocycles. The molecule has 15 nitrogen and oxygen atoms in total. The van der Waals surface area contributed by atoms with E-state index in [-0.39, 0.29) is 52.9 Å². The summed E-state index contributed by atoms with van der Waals surface area (Å²) in [5, 5.41) is 18.2. The number of carbonyl (C=O) groups is 5. The average Bonchev–Trinajstić information content (AvgIpc) is 3.47. The van der Waals surface area contributed by atoms with Gasteiger partial charge in [-0.25, -0.2) is 4.98 Å². The van der Waals surface area contributed by atoms with Gasteiger partial charge in [0.2, 0.25) is 11.8 Å². The number of carbonyl (C=O) groups excluding carboxylic acids is 5. The van der Waals surface area contributed by atoms with Gasteiger partial charge in [0.1, 0.15) is 29.8 Å². The molecule has 1 aromatic heterocycles. The quantitative estimate of drug-likeness (QED) is 0.155. The van der Waals surface area contributed by atoms with Gasteiger partial charge in [-0.1, -0.05) is 45.4 Å². The largest absolute Gasteiger partial charge is 0.489 e. The van der Waals surface area contributed by atoms with Crippen molar-refractivity contribution in [3.05, 3.63) is 82.0 Å². The van der Waals surface area contributed by atoms with E-state index >= 15 is 0 Å². The van der Waals surface area contributed by atoms with Gasteiger partial charge in [0.25, 0.3) is 17.7 Å². The third kappa shape index (κ3) is 8.35. The second kappa shape index (κ2) is 17.0. The van der Waals surface area contributed by atoms with Crippen molar-refractivity contribution in [3.8, 4) is 11.8 Å². The van der Waals surface area contributed by atoms with Crippen LogP contribution in [-0.4, -0.2) is 115 Å². The Bertz CT molecular complexity index is 2160. The Kier molecular flexibility index (Phi) is 12.0. The van der Waals surface area contributed by atoms with Crippen LogP contribution in [0.25, 0.3) is 0 Å². The van der Waals surface area contributed by atoms with Crippen molar-refractivity contribution in [2.45, 2.75) is 65.1 Å². The van der Waals surface area contributed by atoms with Crippen LogP contribution in [0, 0.1) is 22.2 Å². The molecule has 1 unspecified atom stereocenters. The van der Waals surface area contributed by atoms with Gasteiger partial charge in [-0.05, 0) is 49.2 Å². The Morgan fingerprint density at radius 2 is 1.76 bits per heavy atom. The number of benzene rings is 2. The van der Waals surface area contributed by atoms with E-state index in [1.807, 2.05) is 12.1 Å². The van der Waals surface area contributed by atoms with E-state index in [2.05, 4.69) is 64.5 Å². The number of anilines is 2. The van der Waals surface area contributed by atoms with E-state index < -0.39 is 29.7 Å². The van der Waals surface area contributed by atoms with Crippen LogP contribution in [-0.2, 0) is 14.3 Å². The molecule has 1 aliphatic carbocycles. The molecule has 1 saturated carbocycles. The molecule has 3 aliphatic heterocycles. The lowest BCUT2D eigenvalue weighted by molar-refractivity contribution is -0.164. The minimum atomic E-state index is -1.01. The predicted molar refractivity (Wildman–Crippen MR) is 219 cm³/mol. The van der Waals surface area contributed by atoms with E-state index in [9.17, 15) is 29.2 Å². The molecule has 0 spiro atoms. The van der Waals surface area contributed by atoms with Gasteiger partial charge < -0.3 is 25.0 Å². The van der Waals surface area contributed by atoms with Gasteiger partial charge >= 0.3 is 0 Å². The summed E-state index contributed by atoms with van der Waals surface area (Å²) in [5.74, 6) is -0.905. The first-order chi connectivity index (χ1) is 28.2. The van der Waals surface area contributed by atoms with Gasteiger partial charge in [-0.15, -0.1) is 0 Å². The number of hydrogen-bond donors (Lipinski definition) is 3. The maximum atomic E-state index is 13.4. The lowest BCUT2D eigenvalue weighted by Gasteiger charge is -2.63. The number of ether oxygens (including phenoxy) is 2. The molecule has 0 bridgehead atoms. The zero-order chi connectivity index (χ0) is 42.1. The highest BCUT2D eigenvalue weighted by atomic mass is 35.5. The molecule has 0 radical (unpaired) electrons. The van der Waals surface area contributed by atoms with Crippen LogP contribution >= 0.6 is 11.6 Å². The van der Waals surface area contributed by atoms with Crippen molar-refractivity contribution in [2.24, 2.45) is 10.8 Å². The molecular formula is C43H49ClN8O7. The van der Waals surface area contributed by atoms with Crippen LogP contribution in [0.1, 0.15) is 83.6 Å². The maximum absolute atomic E-state index is 13.4. The molecule has 2 aromatic carbocycles. The lowest BCUT2D eigenvalue weighted by atomic mass is 9.49. The molecule has 3 fully saturated rings. The Hall–Kier alpha value is -5.56. The van der Waals surface area contributed by atoms with Crippen LogP contribution in [0.4, 0.5) is 11.5 Å². The molecule has 5 amide bonds. The molecule has 3 N–H and O–H groups in total. The fourth-order valence-corrected chi connectivity index (χ4v) is 9.29. The van der Waals surface area contributed by atoms with Crippen molar-refractivity contribution in [2.75, 3.05) is 62.7 Å². The number of rotatable bonds is 14. The smallest absolute Gasteiger partial charge is 0.264 e. The van der Waals surface area contributed by atoms with E-state index in [0.29, 0.717) is 53.8 Å². The summed E-state index contributed by atoms with van der Waals surface area (Å²) in [6.07, 6.45) is 2.28. The summed E-state index contributed by atoms with van der Waals surface area (Å²) in [4.78, 5) is 73.9. The highest BCUT2D eigenvalue weighted by molar-refractivity contribution is 6.31. The van der Waals surface area contributed by atoms with E-state index in [0.717, 1.165) is 43.4 Å². The first kappa shape index (κ1) is 41.6. The fraction of sp³-hybridized carbons (Fsp3) is 0.465. The van der Waals surface area contributed by atoms with Gasteiger partial charge in [0.15, 0.2) is 0 Å². The number of imide groups is 2. The van der Waals surface area contributed by atoms with Gasteiger partial charge in [-0.2, -0.15) is 5.26 Å². The maximum Gasteiger partial charge on any atom is 0.264 e. The molecule has 16 heteroatoms. The number of fused-ring (bicyclic) bond motifs is 1. The summed E-state index contributed by atoms with van der Waals surface area (Å²) < 4.78 is 12.3. The molecule has 310 valence electrons. The number of hydrogen-bond acceptors (Lipinski definition) is 12. The van der Waals surface area contributed by atoms with Crippen molar-refractivity contribution in [1.29, 1.82) is 5.26 Å². The van der Waals surface area contributed by atoms with Gasteiger partial charge in [0.05, 0.1) is 33.9 Å². The Morgan fingerprint density at radius 3 is 2.44 bits per heavy atom. The molecule has 59 heavy (non-hydrogen) atoms. The van der Waals surface area contributed by atoms with Crippen molar-refractivity contribution in [3.63, 3.8) is 0 Å². The monoisotopic (exact) mass is 824 g/mol. The lowest BCUT2D eigenvalue weighted by Crippen LogP contribution is -2.74. The topological polar surface area (TPSA) is 186 Å². The zero-order valence-electron chi connectivity index (χ0n) is 33.7. The average molecular weight is 825 g/mol. The first-order valence-electron chi connectivity index (χ1n) is 20.0. The first-order valence-corrected chi connectivity index (χ1v) is 20.3. The van der Waals surface area contributed by atoms with E-state index in [1.165, 1.54) is 0 Å². The second-order valence-corrected chi connectivity index (χ2v) is 17.0. The number of nitrogens with zero attached hydrogens (tertiary/aromatic N) is 5. The van der Waals surface area contributed by atoms with Gasteiger partial charge in [-0.3, -0.25) is 39.1 Å². The third-order valence-corrected chi connectivity index (χ3v) is 12.2. The minimum Gasteiger partial charge on any atom is -0.489 e. The number of piperazine rings is 1. The number of nitriles is 1. The summed E-state index contributed by atoms with van der Waals surface area (Å²) in [6.45, 7) is 14.0. The van der Waals surface area contributed by atoms with Crippen LogP contribution in [0.3, 0.4) is 0 Å². The summed E-state index contributed by atoms with van der Waals surface area (Å²) >= 11 is 6.23. The molecule has 4 aliphatic rings. The number of halogens is 1. The van der Waals surface area contributed by atoms with Crippen LogP contribution < -0.4 is 25.6 Å². The Morgan fingerprint density at radius 1 is 1.00 bits per heavy atom. The predicted octanol–water partition coefficient (Wildman–Crippen LogP) is 4.26. The number of nitrogens with one attached hydrogen (secondary N) is 3. The van der Waals surface area contributed by atoms with Crippen molar-refractivity contribution in [1.82, 2.24) is 25.4 Å². The number of aromatic nitrogens is 1. The third-order valence-electron chi connectivity index (χ3n) is 11.9. The molecule has 2 saturated heterocycles. The van der Waals surface area contributed by atoms with Gasteiger partial charge in [0, 0.05) is 87.1 Å². The van der Waals surface area contributed by atoms with Crippen LogP contribution in [0.2, 0.25) is 5.02 Å². The highest BCUT2D eigenvalue weighted by Crippen LogP contribution is 2.55. The van der Waals surface area contributed by atoms with Crippen molar-refractivity contribution < 1.29 is 33.4 Å². The Labute approximate surface area is 348 Å². The van der Waals surface area contributed by atoms with Crippen LogP contribution in [0.15, 0.2) is 54.7 Å². The highest BCUT2D eigenvalue weighted by Gasteiger charge is 2.64. The van der Waals surface area contributed by atoms with Crippen molar-refractivity contribution >= 4 is 52.6 Å². The fourth-order valence-electron chi connectivity index (χ4n) is 9.07. The summed E-state index contributed by atoms with van der Waals surface area (Å²) in [5.41, 5.74) is 1.13. The normalized spacial score (nSPS) is 22.3. The summed E-state index contributed by atoms with van der Waals surface area (Å²) in [6, 6.07) is 14.7. The second-order valence-electron chi connectivity index (χ2n) is 16.6. The molecule has 1 atom stereocenters. The number of piperidine rings is 1. The summed E-state index contributed by atoms with van der Waals surface area (Å²) in [7, 11) is 0. The Balaban J connectivity index is 0.803. The SMILES string of the molecule is CC1(C)C(NC(=O)c2ccc(N3CCN(CCOCCCNc4cccc5c4C(=O)N(C4CCC(=O)NC4=O)C5=O)CC3)nc2)C(C)(C)C1Oc1ccc(C#N)c(Cl)c1.